The lowest BCUT2D eigenvalue weighted by Crippen LogP contribution is -2.70. The average molecular weight is 391 g/mol. The Morgan fingerprint density at radius 3 is 2.64 bits per heavy atom. The van der Waals surface area contributed by atoms with E-state index in [-0.39, 0.29) is 24.0 Å². The third-order valence-electron chi connectivity index (χ3n) is 8.80. The van der Waals surface area contributed by atoms with Crippen LogP contribution in [0.25, 0.3) is 0 Å². The normalized spacial score (nSPS) is 52.4. The van der Waals surface area contributed by atoms with Gasteiger partial charge in [0.1, 0.15) is 0 Å². The summed E-state index contributed by atoms with van der Waals surface area (Å²) < 4.78 is 16.9. The van der Waals surface area contributed by atoms with Crippen molar-refractivity contribution in [3.63, 3.8) is 0 Å². The van der Waals surface area contributed by atoms with Gasteiger partial charge in [-0.2, -0.15) is 0 Å². The molecule has 0 bridgehead atoms. The van der Waals surface area contributed by atoms with E-state index in [1.54, 1.807) is 13.0 Å². The van der Waals surface area contributed by atoms with Crippen molar-refractivity contribution in [1.82, 2.24) is 5.32 Å². The molecule has 154 valence electrons. The largest absolute Gasteiger partial charge is 0.390 e. The molecular weight excluding hydrogens is 361 g/mol. The van der Waals surface area contributed by atoms with E-state index in [1.807, 2.05) is 13.8 Å². The monoisotopic (exact) mass is 391 g/mol. The second kappa shape index (κ2) is 5.76. The van der Waals surface area contributed by atoms with Crippen molar-refractivity contribution in [3.8, 4) is 0 Å². The SMILES string of the molecule is CNC(=O)[C@@]1(O)[C@H](C)CC2C3CCC4=CC(=O)C=C[C@]4(C)[C@@]3(F)[C@@H](O)C[C@@]21C. The molecule has 3 saturated carbocycles. The molecule has 28 heavy (non-hydrogen) atoms. The van der Waals surface area contributed by atoms with E-state index in [2.05, 4.69) is 5.32 Å². The van der Waals surface area contributed by atoms with Crippen LogP contribution in [0.15, 0.2) is 23.8 Å². The highest BCUT2D eigenvalue weighted by Gasteiger charge is 2.75. The van der Waals surface area contributed by atoms with Gasteiger partial charge in [0.2, 0.25) is 0 Å². The Bertz CT molecular complexity index is 808. The molecule has 8 atom stereocenters. The Balaban J connectivity index is 1.84. The highest BCUT2D eigenvalue weighted by Crippen LogP contribution is 2.70. The van der Waals surface area contributed by atoms with Crippen molar-refractivity contribution in [1.29, 1.82) is 0 Å². The van der Waals surface area contributed by atoms with Crippen LogP contribution in [0.2, 0.25) is 0 Å². The topological polar surface area (TPSA) is 86.6 Å². The average Bonchev–Trinajstić information content (AvgIpc) is 2.84. The van der Waals surface area contributed by atoms with Crippen molar-refractivity contribution in [2.24, 2.45) is 28.6 Å². The molecule has 4 aliphatic carbocycles. The maximum atomic E-state index is 16.9. The van der Waals surface area contributed by atoms with Crippen LogP contribution in [-0.2, 0) is 9.59 Å². The Hall–Kier alpha value is -1.53. The summed E-state index contributed by atoms with van der Waals surface area (Å²) in [5.41, 5.74) is -4.83. The maximum Gasteiger partial charge on any atom is 0.252 e. The molecule has 0 heterocycles. The minimum absolute atomic E-state index is 0.00355. The number of hydrogen-bond acceptors (Lipinski definition) is 4. The number of carbonyl (C=O) groups is 2. The highest BCUT2D eigenvalue weighted by atomic mass is 19.1. The van der Waals surface area contributed by atoms with Gasteiger partial charge < -0.3 is 15.5 Å². The number of likely N-dealkylation sites (N-methyl/N-ethyl adjacent to an activating group) is 1. The van der Waals surface area contributed by atoms with Crippen LogP contribution in [0, 0.1) is 28.6 Å². The molecule has 0 radical (unpaired) electrons. The Morgan fingerprint density at radius 2 is 2.00 bits per heavy atom. The summed E-state index contributed by atoms with van der Waals surface area (Å²) in [7, 11) is 1.49. The summed E-state index contributed by atoms with van der Waals surface area (Å²) in [4.78, 5) is 24.5. The van der Waals surface area contributed by atoms with Crippen molar-refractivity contribution < 1.29 is 24.2 Å². The van der Waals surface area contributed by atoms with Crippen molar-refractivity contribution in [3.05, 3.63) is 23.8 Å². The number of alkyl halides is 1. The van der Waals surface area contributed by atoms with E-state index in [1.165, 1.54) is 19.2 Å². The van der Waals surface area contributed by atoms with Crippen LogP contribution in [-0.4, -0.2) is 46.3 Å². The molecule has 1 amide bonds. The first-order valence-corrected chi connectivity index (χ1v) is 10.2. The van der Waals surface area contributed by atoms with Gasteiger partial charge in [0.15, 0.2) is 17.1 Å². The lowest BCUT2D eigenvalue weighted by Gasteiger charge is -2.62. The fraction of sp³-hybridized carbons (Fsp3) is 0.727. The van der Waals surface area contributed by atoms with Crippen LogP contribution >= 0.6 is 0 Å². The molecule has 0 saturated heterocycles. The molecule has 6 heteroatoms. The number of aliphatic hydroxyl groups excluding tert-OH is 1. The second-order valence-corrected chi connectivity index (χ2v) is 9.75. The predicted molar refractivity (Wildman–Crippen MR) is 102 cm³/mol. The Labute approximate surface area is 165 Å². The molecule has 0 aromatic heterocycles. The molecule has 0 aromatic rings. The standard InChI is InChI=1S/C22H30FNO4/c1-12-9-16-15-6-5-13-10-14(25)7-8-19(13,2)21(15,23)17(26)11-20(16,3)22(12,28)18(27)24-4/h7-8,10,12,15-17,26,28H,5-6,9,11H2,1-4H3,(H,24,27)/t12-,15?,16?,17+,19+,20+,21+,22+/m1/s1. The molecule has 4 aliphatic rings. The third-order valence-corrected chi connectivity index (χ3v) is 8.80. The fourth-order valence-electron chi connectivity index (χ4n) is 7.22. The quantitative estimate of drug-likeness (QED) is 0.639. The number of rotatable bonds is 1. The fourth-order valence-corrected chi connectivity index (χ4v) is 7.22. The van der Waals surface area contributed by atoms with E-state index < -0.39 is 40.0 Å². The zero-order chi connectivity index (χ0) is 20.7. The summed E-state index contributed by atoms with van der Waals surface area (Å²) in [6.07, 6.45) is 4.78. The Morgan fingerprint density at radius 1 is 1.32 bits per heavy atom. The summed E-state index contributed by atoms with van der Waals surface area (Å²) in [6.45, 7) is 5.43. The van der Waals surface area contributed by atoms with Crippen LogP contribution in [0.4, 0.5) is 4.39 Å². The van der Waals surface area contributed by atoms with Gasteiger partial charge in [-0.15, -0.1) is 0 Å². The van der Waals surface area contributed by atoms with Gasteiger partial charge in [0.05, 0.1) is 6.10 Å². The summed E-state index contributed by atoms with van der Waals surface area (Å²) >= 11 is 0. The number of halogens is 1. The van der Waals surface area contributed by atoms with E-state index in [4.69, 9.17) is 0 Å². The number of amides is 1. The summed E-state index contributed by atoms with van der Waals surface area (Å²) in [5, 5.41) is 25.2. The van der Waals surface area contributed by atoms with Crippen LogP contribution in [0.5, 0.6) is 0 Å². The minimum atomic E-state index is -1.94. The van der Waals surface area contributed by atoms with Crippen LogP contribution in [0.3, 0.4) is 0 Å². The first kappa shape index (κ1) is 19.8. The number of aliphatic hydroxyl groups is 2. The van der Waals surface area contributed by atoms with E-state index in [0.717, 1.165) is 5.57 Å². The second-order valence-electron chi connectivity index (χ2n) is 9.75. The highest BCUT2D eigenvalue weighted by molar-refractivity contribution is 6.01. The lowest BCUT2D eigenvalue weighted by molar-refractivity contribution is -0.219. The van der Waals surface area contributed by atoms with E-state index in [0.29, 0.717) is 19.3 Å². The molecule has 3 fully saturated rings. The van der Waals surface area contributed by atoms with Crippen molar-refractivity contribution >= 4 is 11.7 Å². The van der Waals surface area contributed by atoms with Gasteiger partial charge in [0.25, 0.3) is 5.91 Å². The molecule has 0 spiro atoms. The number of nitrogens with one attached hydrogen (secondary N) is 1. The lowest BCUT2D eigenvalue weighted by atomic mass is 9.44. The van der Waals surface area contributed by atoms with Gasteiger partial charge in [0, 0.05) is 23.8 Å². The zero-order valence-corrected chi connectivity index (χ0v) is 17.0. The molecule has 4 rings (SSSR count). The molecule has 2 unspecified atom stereocenters. The molecule has 0 aromatic carbocycles. The third kappa shape index (κ3) is 1.98. The van der Waals surface area contributed by atoms with E-state index >= 15 is 4.39 Å². The minimum Gasteiger partial charge on any atom is -0.390 e. The van der Waals surface area contributed by atoms with Crippen molar-refractivity contribution in [2.75, 3.05) is 7.05 Å². The van der Waals surface area contributed by atoms with Gasteiger partial charge in [-0.25, -0.2) is 4.39 Å². The summed E-state index contributed by atoms with van der Waals surface area (Å²) in [6, 6.07) is 0. The summed E-state index contributed by atoms with van der Waals surface area (Å²) in [5.74, 6) is -1.68. The Kier molecular flexibility index (Phi) is 4.07. The number of allylic oxidation sites excluding steroid dienone is 4. The van der Waals surface area contributed by atoms with Gasteiger partial charge in [-0.05, 0) is 56.6 Å². The number of fused-ring (bicyclic) bond motifs is 5. The maximum absolute atomic E-state index is 16.9. The first-order chi connectivity index (χ1) is 13.0. The zero-order valence-electron chi connectivity index (χ0n) is 17.0. The smallest absolute Gasteiger partial charge is 0.252 e. The molecule has 0 aliphatic heterocycles. The van der Waals surface area contributed by atoms with E-state index in [9.17, 15) is 19.8 Å². The number of carbonyl (C=O) groups excluding carboxylic acids is 2. The molecule has 3 N–H and O–H groups in total. The number of hydrogen-bond donors (Lipinski definition) is 3. The van der Waals surface area contributed by atoms with Crippen LogP contribution < -0.4 is 5.32 Å². The predicted octanol–water partition coefficient (Wildman–Crippen LogP) is 2.08. The van der Waals surface area contributed by atoms with Gasteiger partial charge in [-0.1, -0.05) is 25.5 Å². The first-order valence-electron chi connectivity index (χ1n) is 10.2. The molecule has 5 nitrogen and oxygen atoms in total. The number of ketones is 1. The van der Waals surface area contributed by atoms with Crippen LogP contribution in [0.1, 0.15) is 46.5 Å². The van der Waals surface area contributed by atoms with Crippen molar-refractivity contribution in [2.45, 2.75) is 63.8 Å². The molecular formula is C22H30FNO4. The van der Waals surface area contributed by atoms with Gasteiger partial charge in [-0.3, -0.25) is 9.59 Å². The van der Waals surface area contributed by atoms with Gasteiger partial charge >= 0.3 is 0 Å².